The molecule has 3 rings (SSSR count). The molecule has 0 spiro atoms. The Balaban J connectivity index is 2.05. The Kier molecular flexibility index (Phi) is 7.13. The number of amides is 1. The number of ether oxygens (including phenoxy) is 2. The normalized spacial score (nSPS) is 10.5. The summed E-state index contributed by atoms with van der Waals surface area (Å²) >= 11 is 7.35. The van der Waals surface area contributed by atoms with Gasteiger partial charge >= 0.3 is 5.97 Å². The molecule has 1 N–H and O–H groups in total. The fraction of sp³-hybridized carbons (Fsp3) is 0.217. The second-order valence-electron chi connectivity index (χ2n) is 6.35. The molecule has 156 valence electrons. The summed E-state index contributed by atoms with van der Waals surface area (Å²) in [5, 5.41) is 3.92. The van der Waals surface area contributed by atoms with E-state index in [0.717, 1.165) is 16.0 Å². The van der Waals surface area contributed by atoms with Crippen LogP contribution >= 0.6 is 22.9 Å². The molecule has 0 saturated carbocycles. The van der Waals surface area contributed by atoms with Crippen LogP contribution in [0.1, 0.15) is 39.4 Å². The van der Waals surface area contributed by atoms with E-state index in [4.69, 9.17) is 21.1 Å². The lowest BCUT2D eigenvalue weighted by Crippen LogP contribution is -2.16. The predicted molar refractivity (Wildman–Crippen MR) is 121 cm³/mol. The van der Waals surface area contributed by atoms with Crippen molar-refractivity contribution in [3.8, 4) is 16.9 Å². The number of aryl methyl sites for hydroxylation is 1. The van der Waals surface area contributed by atoms with Crippen molar-refractivity contribution in [3.05, 3.63) is 69.6 Å². The molecule has 1 aromatic heterocycles. The van der Waals surface area contributed by atoms with Gasteiger partial charge < -0.3 is 14.8 Å². The van der Waals surface area contributed by atoms with Crippen molar-refractivity contribution in [1.29, 1.82) is 0 Å². The number of anilines is 1. The molecule has 1 amide bonds. The fourth-order valence-electron chi connectivity index (χ4n) is 3.10. The Bertz CT molecular complexity index is 1060. The molecule has 5 nitrogen and oxygen atoms in total. The average Bonchev–Trinajstić information content (AvgIpc) is 3.05. The van der Waals surface area contributed by atoms with Crippen LogP contribution in [-0.2, 0) is 4.74 Å². The Morgan fingerprint density at radius 1 is 1.03 bits per heavy atom. The molecule has 0 bridgehead atoms. The number of para-hydroxylation sites is 1. The number of carbonyl (C=O) groups excluding carboxylic acids is 2. The van der Waals surface area contributed by atoms with Gasteiger partial charge in [-0.3, -0.25) is 4.79 Å². The molecule has 0 aliphatic carbocycles. The molecular weight excluding hydrogens is 422 g/mol. The van der Waals surface area contributed by atoms with Crippen molar-refractivity contribution in [2.24, 2.45) is 0 Å². The maximum atomic E-state index is 13.0. The summed E-state index contributed by atoms with van der Waals surface area (Å²) in [6.07, 6.45) is 0. The third kappa shape index (κ3) is 4.66. The number of carbonyl (C=O) groups is 2. The minimum atomic E-state index is -0.486. The van der Waals surface area contributed by atoms with Gasteiger partial charge in [-0.1, -0.05) is 35.9 Å². The SMILES string of the molecule is CCOC(=O)c1c(NC(=O)c2ccccc2OCC)sc(C)c1-c1ccc(Cl)cc1. The summed E-state index contributed by atoms with van der Waals surface area (Å²) in [7, 11) is 0. The van der Waals surface area contributed by atoms with Crippen LogP contribution in [0.2, 0.25) is 5.02 Å². The highest BCUT2D eigenvalue weighted by atomic mass is 35.5. The standard InChI is InChI=1S/C23H22ClNO4S/c1-4-28-18-9-7-6-8-17(18)21(26)25-22-20(23(27)29-5-2)19(14(3)30-22)15-10-12-16(24)13-11-15/h6-13H,4-5H2,1-3H3,(H,25,26). The van der Waals surface area contributed by atoms with Gasteiger partial charge in [-0.15, -0.1) is 11.3 Å². The molecule has 0 aliphatic heterocycles. The Morgan fingerprint density at radius 2 is 1.73 bits per heavy atom. The minimum absolute atomic E-state index is 0.231. The zero-order valence-corrected chi connectivity index (χ0v) is 18.5. The predicted octanol–water partition coefficient (Wildman–Crippen LogP) is 6.20. The van der Waals surface area contributed by atoms with E-state index in [1.54, 1.807) is 43.3 Å². The van der Waals surface area contributed by atoms with Gasteiger partial charge in [0.2, 0.25) is 0 Å². The number of benzene rings is 2. The first-order valence-corrected chi connectivity index (χ1v) is 10.7. The van der Waals surface area contributed by atoms with Crippen molar-refractivity contribution >= 4 is 39.8 Å². The van der Waals surface area contributed by atoms with E-state index < -0.39 is 5.97 Å². The molecular formula is C23H22ClNO4S. The first-order chi connectivity index (χ1) is 14.5. The van der Waals surface area contributed by atoms with Crippen molar-refractivity contribution in [2.75, 3.05) is 18.5 Å². The molecule has 7 heteroatoms. The molecule has 0 aliphatic rings. The Labute approximate surface area is 184 Å². The number of halogens is 1. The number of hydrogen-bond acceptors (Lipinski definition) is 5. The Morgan fingerprint density at radius 3 is 2.40 bits per heavy atom. The zero-order chi connectivity index (χ0) is 21.7. The van der Waals surface area contributed by atoms with E-state index in [1.165, 1.54) is 11.3 Å². The van der Waals surface area contributed by atoms with Crippen molar-refractivity contribution in [2.45, 2.75) is 20.8 Å². The molecule has 2 aromatic carbocycles. The van der Waals surface area contributed by atoms with Gasteiger partial charge in [-0.05, 0) is 50.6 Å². The van der Waals surface area contributed by atoms with Gasteiger partial charge in [-0.2, -0.15) is 0 Å². The van der Waals surface area contributed by atoms with Crippen molar-refractivity contribution in [1.82, 2.24) is 0 Å². The second-order valence-corrected chi connectivity index (χ2v) is 8.01. The molecule has 0 fully saturated rings. The minimum Gasteiger partial charge on any atom is -0.493 e. The first kappa shape index (κ1) is 21.9. The van der Waals surface area contributed by atoms with E-state index in [-0.39, 0.29) is 12.5 Å². The van der Waals surface area contributed by atoms with Crippen LogP contribution < -0.4 is 10.1 Å². The lowest BCUT2D eigenvalue weighted by Gasteiger charge is -2.11. The lowest BCUT2D eigenvalue weighted by atomic mass is 10.0. The van der Waals surface area contributed by atoms with Gasteiger partial charge in [0.05, 0.1) is 18.8 Å². The van der Waals surface area contributed by atoms with Crippen LogP contribution in [0.15, 0.2) is 48.5 Å². The quantitative estimate of drug-likeness (QED) is 0.441. The van der Waals surface area contributed by atoms with Gasteiger partial charge in [-0.25, -0.2) is 4.79 Å². The summed E-state index contributed by atoms with van der Waals surface area (Å²) in [6.45, 7) is 6.18. The van der Waals surface area contributed by atoms with Gasteiger partial charge in [0, 0.05) is 15.5 Å². The third-order valence-electron chi connectivity index (χ3n) is 4.36. The largest absolute Gasteiger partial charge is 0.493 e. The average molecular weight is 444 g/mol. The van der Waals surface area contributed by atoms with Crippen LogP contribution in [-0.4, -0.2) is 25.1 Å². The molecule has 0 radical (unpaired) electrons. The zero-order valence-electron chi connectivity index (χ0n) is 17.0. The highest BCUT2D eigenvalue weighted by Gasteiger charge is 2.26. The molecule has 3 aromatic rings. The van der Waals surface area contributed by atoms with Crippen LogP contribution in [0.25, 0.3) is 11.1 Å². The van der Waals surface area contributed by atoms with E-state index in [2.05, 4.69) is 5.32 Å². The first-order valence-electron chi connectivity index (χ1n) is 9.55. The monoisotopic (exact) mass is 443 g/mol. The van der Waals surface area contributed by atoms with Crippen LogP contribution in [0, 0.1) is 6.92 Å². The second kappa shape index (κ2) is 9.78. The van der Waals surface area contributed by atoms with Crippen molar-refractivity contribution < 1.29 is 19.1 Å². The third-order valence-corrected chi connectivity index (χ3v) is 5.63. The van der Waals surface area contributed by atoms with Crippen LogP contribution in [0.5, 0.6) is 5.75 Å². The maximum Gasteiger partial charge on any atom is 0.341 e. The summed E-state index contributed by atoms with van der Waals surface area (Å²) in [5.41, 5.74) is 2.28. The van der Waals surface area contributed by atoms with Crippen LogP contribution in [0.4, 0.5) is 5.00 Å². The Hall–Kier alpha value is -2.83. The number of nitrogens with one attached hydrogen (secondary N) is 1. The molecule has 30 heavy (non-hydrogen) atoms. The molecule has 1 heterocycles. The number of rotatable bonds is 7. The topological polar surface area (TPSA) is 64.6 Å². The summed E-state index contributed by atoms with van der Waals surface area (Å²) in [4.78, 5) is 26.7. The molecule has 0 atom stereocenters. The smallest absolute Gasteiger partial charge is 0.341 e. The van der Waals surface area contributed by atoms with E-state index in [1.807, 2.05) is 26.0 Å². The molecule has 0 unspecified atom stereocenters. The summed E-state index contributed by atoms with van der Waals surface area (Å²) in [6, 6.07) is 14.2. The van der Waals surface area contributed by atoms with E-state index >= 15 is 0 Å². The number of esters is 1. The highest BCUT2D eigenvalue weighted by molar-refractivity contribution is 7.17. The number of thiophene rings is 1. The van der Waals surface area contributed by atoms with Crippen LogP contribution in [0.3, 0.4) is 0 Å². The maximum absolute atomic E-state index is 13.0. The van der Waals surface area contributed by atoms with E-state index in [0.29, 0.717) is 33.5 Å². The van der Waals surface area contributed by atoms with Gasteiger partial charge in [0.15, 0.2) is 0 Å². The lowest BCUT2D eigenvalue weighted by molar-refractivity contribution is 0.0529. The summed E-state index contributed by atoms with van der Waals surface area (Å²) < 4.78 is 10.8. The van der Waals surface area contributed by atoms with Gasteiger partial charge in [0.25, 0.3) is 5.91 Å². The summed E-state index contributed by atoms with van der Waals surface area (Å²) in [5.74, 6) is -0.352. The highest BCUT2D eigenvalue weighted by Crippen LogP contribution is 2.41. The van der Waals surface area contributed by atoms with Crippen molar-refractivity contribution in [3.63, 3.8) is 0 Å². The molecule has 0 saturated heterocycles. The fourth-order valence-corrected chi connectivity index (χ4v) is 4.29. The number of hydrogen-bond donors (Lipinski definition) is 1. The van der Waals surface area contributed by atoms with E-state index in [9.17, 15) is 9.59 Å². The van der Waals surface area contributed by atoms with Gasteiger partial charge in [0.1, 0.15) is 16.3 Å².